The van der Waals surface area contributed by atoms with E-state index in [4.69, 9.17) is 5.11 Å². The van der Waals surface area contributed by atoms with Gasteiger partial charge >= 0.3 is 5.97 Å². The number of hydrogen-bond donors (Lipinski definition) is 2. The van der Waals surface area contributed by atoms with Crippen LogP contribution in [0.15, 0.2) is 24.3 Å². The number of hydrogen-bond acceptors (Lipinski definition) is 4. The number of aromatic nitrogens is 1. The molecule has 2 N–H and O–H groups in total. The Morgan fingerprint density at radius 3 is 2.62 bits per heavy atom. The van der Waals surface area contributed by atoms with Crippen molar-refractivity contribution in [3.05, 3.63) is 51.2 Å². The number of aryl methyl sites for hydroxylation is 1. The molecule has 1 aliphatic carbocycles. The fourth-order valence-corrected chi connectivity index (χ4v) is 3.65. The lowest BCUT2D eigenvalue weighted by Crippen LogP contribution is -2.28. The molecule has 3 atom stereocenters. The Bertz CT molecular complexity index is 788. The van der Waals surface area contributed by atoms with E-state index in [-0.39, 0.29) is 34.5 Å². The third kappa shape index (κ3) is 3.31. The van der Waals surface area contributed by atoms with Crippen LogP contribution in [-0.2, 0) is 4.79 Å². The number of carboxylic acids is 1. The second-order valence-electron chi connectivity index (χ2n) is 6.00. The molecule has 1 aromatic heterocycles. The van der Waals surface area contributed by atoms with Crippen LogP contribution in [0.25, 0.3) is 0 Å². The zero-order valence-electron chi connectivity index (χ0n) is 13.2. The number of benzene rings is 1. The highest BCUT2D eigenvalue weighted by Gasteiger charge is 2.44. The van der Waals surface area contributed by atoms with Gasteiger partial charge in [-0.25, -0.2) is 14.2 Å². The maximum Gasteiger partial charge on any atom is 0.347 e. The molecule has 24 heavy (non-hydrogen) atoms. The van der Waals surface area contributed by atoms with E-state index in [1.165, 1.54) is 12.1 Å². The second-order valence-corrected chi connectivity index (χ2v) is 7.03. The Hall–Kier alpha value is -2.28. The van der Waals surface area contributed by atoms with E-state index in [2.05, 4.69) is 10.3 Å². The van der Waals surface area contributed by atoms with Gasteiger partial charge in [-0.1, -0.05) is 12.1 Å². The van der Waals surface area contributed by atoms with Crippen molar-refractivity contribution >= 4 is 23.2 Å². The minimum absolute atomic E-state index is 0.0819. The predicted octanol–water partition coefficient (Wildman–Crippen LogP) is 3.27. The SMILES string of the molecule is Cc1nc(C(C)NC(=O)C2CC2c2ccc(F)cc2)sc1C(=O)O. The van der Waals surface area contributed by atoms with Crippen LogP contribution in [0.2, 0.25) is 0 Å². The number of aromatic carboxylic acids is 1. The van der Waals surface area contributed by atoms with Crippen molar-refractivity contribution in [1.29, 1.82) is 0 Å². The standard InChI is InChI=1S/C17H17FN2O3S/c1-8-14(17(22)23)24-16(20-8)9(2)19-15(21)13-7-12(13)10-3-5-11(18)6-4-10/h3-6,9,12-13H,7H2,1-2H3,(H,19,21)(H,22,23). The van der Waals surface area contributed by atoms with E-state index in [1.54, 1.807) is 26.0 Å². The molecule has 0 radical (unpaired) electrons. The molecule has 1 amide bonds. The molecule has 0 saturated heterocycles. The Morgan fingerprint density at radius 2 is 2.04 bits per heavy atom. The van der Waals surface area contributed by atoms with Crippen LogP contribution in [0, 0.1) is 18.7 Å². The molecule has 1 heterocycles. The molecule has 1 aromatic carbocycles. The van der Waals surface area contributed by atoms with E-state index in [1.807, 2.05) is 0 Å². The van der Waals surface area contributed by atoms with Crippen LogP contribution in [0.4, 0.5) is 4.39 Å². The molecule has 1 fully saturated rings. The highest BCUT2D eigenvalue weighted by Crippen LogP contribution is 2.47. The Balaban J connectivity index is 1.62. The first-order valence-electron chi connectivity index (χ1n) is 7.63. The maximum atomic E-state index is 13.0. The van der Waals surface area contributed by atoms with E-state index < -0.39 is 5.97 Å². The van der Waals surface area contributed by atoms with Crippen LogP contribution in [-0.4, -0.2) is 22.0 Å². The molecule has 0 spiro atoms. The zero-order valence-corrected chi connectivity index (χ0v) is 14.1. The van der Waals surface area contributed by atoms with Gasteiger partial charge < -0.3 is 10.4 Å². The summed E-state index contributed by atoms with van der Waals surface area (Å²) in [5, 5.41) is 12.5. The summed E-state index contributed by atoms with van der Waals surface area (Å²) in [5.41, 5.74) is 1.42. The summed E-state index contributed by atoms with van der Waals surface area (Å²) in [6.45, 7) is 3.43. The third-order valence-electron chi connectivity index (χ3n) is 4.16. The van der Waals surface area contributed by atoms with Gasteiger partial charge in [0.2, 0.25) is 5.91 Å². The fourth-order valence-electron chi connectivity index (χ4n) is 2.75. The van der Waals surface area contributed by atoms with Crippen molar-refractivity contribution in [2.24, 2.45) is 5.92 Å². The van der Waals surface area contributed by atoms with Crippen molar-refractivity contribution in [3.63, 3.8) is 0 Å². The van der Waals surface area contributed by atoms with Gasteiger partial charge in [-0.3, -0.25) is 4.79 Å². The average molecular weight is 348 g/mol. The van der Waals surface area contributed by atoms with Crippen molar-refractivity contribution in [3.8, 4) is 0 Å². The summed E-state index contributed by atoms with van der Waals surface area (Å²) in [6, 6.07) is 5.87. The fraction of sp³-hybridized carbons (Fsp3) is 0.353. The number of rotatable bonds is 5. The summed E-state index contributed by atoms with van der Waals surface area (Å²) in [6.07, 6.45) is 0.738. The molecule has 3 rings (SSSR count). The van der Waals surface area contributed by atoms with E-state index >= 15 is 0 Å². The zero-order chi connectivity index (χ0) is 17.4. The van der Waals surface area contributed by atoms with Crippen molar-refractivity contribution in [2.75, 3.05) is 0 Å². The number of nitrogens with one attached hydrogen (secondary N) is 1. The Labute approximate surface area is 142 Å². The van der Waals surface area contributed by atoms with Gasteiger partial charge in [-0.15, -0.1) is 11.3 Å². The summed E-state index contributed by atoms with van der Waals surface area (Å²) >= 11 is 1.08. The first kappa shape index (κ1) is 16.6. The lowest BCUT2D eigenvalue weighted by molar-refractivity contribution is -0.123. The average Bonchev–Trinajstić information content (AvgIpc) is 3.23. The number of carboxylic acid groups (broad SMARTS) is 1. The minimum Gasteiger partial charge on any atom is -0.477 e. The topological polar surface area (TPSA) is 79.3 Å². The van der Waals surface area contributed by atoms with Crippen molar-refractivity contribution in [1.82, 2.24) is 10.3 Å². The van der Waals surface area contributed by atoms with Gasteiger partial charge in [0.15, 0.2) is 0 Å². The Kier molecular flexibility index (Phi) is 4.36. The van der Waals surface area contributed by atoms with Gasteiger partial charge in [0, 0.05) is 5.92 Å². The molecule has 126 valence electrons. The first-order chi connectivity index (χ1) is 11.4. The first-order valence-corrected chi connectivity index (χ1v) is 8.45. The Morgan fingerprint density at radius 1 is 1.38 bits per heavy atom. The number of carbonyl (C=O) groups excluding carboxylic acids is 1. The number of halogens is 1. The van der Waals surface area contributed by atoms with Gasteiger partial charge in [0.1, 0.15) is 15.7 Å². The second kappa shape index (κ2) is 6.32. The number of carbonyl (C=O) groups is 2. The summed E-state index contributed by atoms with van der Waals surface area (Å²) in [7, 11) is 0. The molecule has 0 bridgehead atoms. The van der Waals surface area contributed by atoms with Crippen molar-refractivity contribution < 1.29 is 19.1 Å². The van der Waals surface area contributed by atoms with Gasteiger partial charge in [0.25, 0.3) is 0 Å². The van der Waals surface area contributed by atoms with Gasteiger partial charge in [-0.2, -0.15) is 0 Å². The highest BCUT2D eigenvalue weighted by molar-refractivity contribution is 7.13. The monoisotopic (exact) mass is 348 g/mol. The van der Waals surface area contributed by atoms with Gasteiger partial charge in [-0.05, 0) is 43.9 Å². The molecule has 2 aromatic rings. The summed E-state index contributed by atoms with van der Waals surface area (Å²) in [5.74, 6) is -1.39. The molecule has 5 nitrogen and oxygen atoms in total. The van der Waals surface area contributed by atoms with Crippen LogP contribution >= 0.6 is 11.3 Å². The molecule has 3 unspecified atom stereocenters. The number of amides is 1. The molecule has 1 saturated carbocycles. The summed E-state index contributed by atoms with van der Waals surface area (Å²) in [4.78, 5) is 27.8. The van der Waals surface area contributed by atoms with Crippen LogP contribution in [0.3, 0.4) is 0 Å². The normalized spacial score (nSPS) is 20.5. The minimum atomic E-state index is -1.01. The molecule has 7 heteroatoms. The third-order valence-corrected chi connectivity index (χ3v) is 5.49. The number of thiazole rings is 1. The maximum absolute atomic E-state index is 13.0. The quantitative estimate of drug-likeness (QED) is 0.869. The van der Waals surface area contributed by atoms with Gasteiger partial charge in [0.05, 0.1) is 11.7 Å². The summed E-state index contributed by atoms with van der Waals surface area (Å²) < 4.78 is 13.0. The molecule has 1 aliphatic rings. The molecular weight excluding hydrogens is 331 g/mol. The lowest BCUT2D eigenvalue weighted by Gasteiger charge is -2.11. The lowest BCUT2D eigenvalue weighted by atomic mass is 10.1. The van der Waals surface area contributed by atoms with E-state index in [9.17, 15) is 14.0 Å². The predicted molar refractivity (Wildman–Crippen MR) is 87.6 cm³/mol. The van der Waals surface area contributed by atoms with Crippen LogP contribution < -0.4 is 5.32 Å². The number of nitrogens with zero attached hydrogens (tertiary/aromatic N) is 1. The van der Waals surface area contributed by atoms with Crippen LogP contribution in [0.5, 0.6) is 0 Å². The molecule has 0 aliphatic heterocycles. The van der Waals surface area contributed by atoms with Crippen molar-refractivity contribution in [2.45, 2.75) is 32.2 Å². The van der Waals surface area contributed by atoms with Crippen LogP contribution in [0.1, 0.15) is 51.2 Å². The van der Waals surface area contributed by atoms with E-state index in [0.29, 0.717) is 10.7 Å². The smallest absolute Gasteiger partial charge is 0.347 e. The largest absolute Gasteiger partial charge is 0.477 e. The highest BCUT2D eigenvalue weighted by atomic mass is 32.1. The molecular formula is C17H17FN2O3S. The van der Waals surface area contributed by atoms with E-state index in [0.717, 1.165) is 23.3 Å².